The molecular weight excluding hydrogens is 476 g/mol. The minimum Gasteiger partial charge on any atom is -0.507 e. The molecule has 4 aromatic rings. The normalized spacial score (nSPS) is 16.9. The smallest absolute Gasteiger partial charge is 0.301 e. The fraction of sp³-hybridized carbons (Fsp3) is 0.148. The molecule has 0 aliphatic carbocycles. The van der Waals surface area contributed by atoms with E-state index < -0.39 is 17.7 Å². The number of benzene rings is 2. The SMILES string of the molecule is Cc1cccc(COc2ccc(/C(O)=C3\C(=O)C(=O)N(c4nnc(C)s4)C3c3cccnc3)cc2)c1. The topological polar surface area (TPSA) is 106 Å². The Hall–Kier alpha value is -4.37. The van der Waals surface area contributed by atoms with Crippen LogP contribution in [0.4, 0.5) is 5.13 Å². The Balaban J connectivity index is 1.48. The number of pyridine rings is 1. The van der Waals surface area contributed by atoms with Gasteiger partial charge in [0.1, 0.15) is 23.1 Å². The molecule has 5 rings (SSSR count). The van der Waals surface area contributed by atoms with Crippen LogP contribution in [0.3, 0.4) is 0 Å². The van der Waals surface area contributed by atoms with Crippen molar-refractivity contribution in [3.05, 3.63) is 106 Å². The third-order valence-corrected chi connectivity index (χ3v) is 6.62. The van der Waals surface area contributed by atoms with Crippen LogP contribution < -0.4 is 9.64 Å². The van der Waals surface area contributed by atoms with Crippen LogP contribution in [-0.4, -0.2) is 32.0 Å². The third-order valence-electron chi connectivity index (χ3n) is 5.78. The molecule has 0 spiro atoms. The first-order valence-electron chi connectivity index (χ1n) is 11.2. The number of carbonyl (C=O) groups excluding carboxylic acids is 2. The molecule has 36 heavy (non-hydrogen) atoms. The molecule has 0 radical (unpaired) electrons. The maximum atomic E-state index is 13.2. The predicted molar refractivity (Wildman–Crippen MR) is 136 cm³/mol. The molecule has 180 valence electrons. The van der Waals surface area contributed by atoms with Crippen molar-refractivity contribution in [1.82, 2.24) is 15.2 Å². The maximum Gasteiger partial charge on any atom is 0.301 e. The van der Waals surface area contributed by atoms with E-state index in [0.29, 0.717) is 28.5 Å². The van der Waals surface area contributed by atoms with Crippen LogP contribution in [-0.2, 0) is 16.2 Å². The molecule has 1 aliphatic heterocycles. The van der Waals surface area contributed by atoms with Crippen LogP contribution in [0.25, 0.3) is 5.76 Å². The first kappa shape index (κ1) is 23.4. The average molecular weight is 499 g/mol. The number of carbonyl (C=O) groups is 2. The number of aryl methyl sites for hydroxylation is 2. The van der Waals surface area contributed by atoms with Gasteiger partial charge in [-0.15, -0.1) is 10.2 Å². The van der Waals surface area contributed by atoms with Gasteiger partial charge in [0.25, 0.3) is 5.78 Å². The lowest BCUT2D eigenvalue weighted by Gasteiger charge is -2.22. The Bertz CT molecular complexity index is 1460. The number of rotatable bonds is 6. The molecule has 9 heteroatoms. The van der Waals surface area contributed by atoms with Crippen molar-refractivity contribution in [2.75, 3.05) is 4.90 Å². The molecule has 0 bridgehead atoms. The molecule has 8 nitrogen and oxygen atoms in total. The van der Waals surface area contributed by atoms with Crippen molar-refractivity contribution in [3.63, 3.8) is 0 Å². The zero-order valence-electron chi connectivity index (χ0n) is 19.6. The lowest BCUT2D eigenvalue weighted by molar-refractivity contribution is -0.132. The summed E-state index contributed by atoms with van der Waals surface area (Å²) in [6, 6.07) is 17.4. The lowest BCUT2D eigenvalue weighted by Crippen LogP contribution is -2.29. The summed E-state index contributed by atoms with van der Waals surface area (Å²) in [5.74, 6) is -1.24. The highest BCUT2D eigenvalue weighted by atomic mass is 32.1. The lowest BCUT2D eigenvalue weighted by atomic mass is 9.96. The van der Waals surface area contributed by atoms with Gasteiger partial charge in [0.15, 0.2) is 0 Å². The van der Waals surface area contributed by atoms with E-state index in [1.165, 1.54) is 16.2 Å². The molecule has 2 aromatic heterocycles. The summed E-state index contributed by atoms with van der Waals surface area (Å²) >= 11 is 1.19. The second-order valence-corrected chi connectivity index (χ2v) is 9.52. The molecule has 1 unspecified atom stereocenters. The molecule has 1 amide bonds. The van der Waals surface area contributed by atoms with E-state index in [1.807, 2.05) is 25.1 Å². The number of ether oxygens (including phenoxy) is 1. The van der Waals surface area contributed by atoms with Crippen molar-refractivity contribution in [2.24, 2.45) is 0 Å². The highest BCUT2D eigenvalue weighted by molar-refractivity contribution is 7.15. The standard InChI is InChI=1S/C27H22N4O4S/c1-16-5-3-6-18(13-16)15-35-21-10-8-19(9-11-21)24(32)22-23(20-7-4-12-28-14-20)31(26(34)25(22)33)27-30-29-17(2)36-27/h3-14,23,32H,15H2,1-2H3/b24-22+. The molecular formula is C27H22N4O4S. The van der Waals surface area contributed by atoms with Crippen molar-refractivity contribution in [3.8, 4) is 5.75 Å². The maximum absolute atomic E-state index is 13.2. The fourth-order valence-electron chi connectivity index (χ4n) is 4.10. The summed E-state index contributed by atoms with van der Waals surface area (Å²) in [6.45, 7) is 4.19. The first-order valence-corrected chi connectivity index (χ1v) is 12.0. The summed E-state index contributed by atoms with van der Waals surface area (Å²) in [6.07, 6.45) is 3.16. The van der Waals surface area contributed by atoms with Gasteiger partial charge in [-0.25, -0.2) is 0 Å². The largest absolute Gasteiger partial charge is 0.507 e. The van der Waals surface area contributed by atoms with Crippen LogP contribution in [0.5, 0.6) is 5.75 Å². The van der Waals surface area contributed by atoms with Crippen LogP contribution in [0.2, 0.25) is 0 Å². The quantitative estimate of drug-likeness (QED) is 0.232. The van der Waals surface area contributed by atoms with Crippen LogP contribution in [0, 0.1) is 13.8 Å². The Labute approximate surface area is 211 Å². The van der Waals surface area contributed by atoms with E-state index in [0.717, 1.165) is 11.1 Å². The Kier molecular flexibility index (Phi) is 6.30. The Morgan fingerprint density at radius 3 is 2.53 bits per heavy atom. The van der Waals surface area contributed by atoms with Gasteiger partial charge in [0.05, 0.1) is 11.6 Å². The number of aliphatic hydroxyl groups is 1. The van der Waals surface area contributed by atoms with Gasteiger partial charge in [-0.05, 0) is 55.3 Å². The van der Waals surface area contributed by atoms with Gasteiger partial charge in [0, 0.05) is 18.0 Å². The first-order chi connectivity index (χ1) is 17.4. The highest BCUT2D eigenvalue weighted by Crippen LogP contribution is 2.42. The van der Waals surface area contributed by atoms with Gasteiger partial charge in [0.2, 0.25) is 5.13 Å². The number of ketones is 1. The van der Waals surface area contributed by atoms with E-state index in [-0.39, 0.29) is 16.5 Å². The monoisotopic (exact) mass is 498 g/mol. The molecule has 1 N–H and O–H groups in total. The van der Waals surface area contributed by atoms with Crippen molar-refractivity contribution < 1.29 is 19.4 Å². The summed E-state index contributed by atoms with van der Waals surface area (Å²) in [5, 5.41) is 20.2. The van der Waals surface area contributed by atoms with Gasteiger partial charge in [-0.2, -0.15) is 0 Å². The number of hydrogen-bond donors (Lipinski definition) is 1. The molecule has 1 aliphatic rings. The minimum atomic E-state index is -0.886. The molecule has 2 aromatic carbocycles. The van der Waals surface area contributed by atoms with Gasteiger partial charge >= 0.3 is 5.91 Å². The number of nitrogens with zero attached hydrogens (tertiary/aromatic N) is 4. The summed E-state index contributed by atoms with van der Waals surface area (Å²) < 4.78 is 5.86. The van der Waals surface area contributed by atoms with Gasteiger partial charge in [-0.1, -0.05) is 47.2 Å². The van der Waals surface area contributed by atoms with E-state index in [4.69, 9.17) is 4.74 Å². The van der Waals surface area contributed by atoms with E-state index in [1.54, 1.807) is 55.7 Å². The summed E-state index contributed by atoms with van der Waals surface area (Å²) in [7, 11) is 0. The Morgan fingerprint density at radius 2 is 1.86 bits per heavy atom. The summed E-state index contributed by atoms with van der Waals surface area (Å²) in [4.78, 5) is 31.6. The molecule has 3 heterocycles. The van der Waals surface area contributed by atoms with Gasteiger partial charge in [-0.3, -0.25) is 19.5 Å². The zero-order valence-corrected chi connectivity index (χ0v) is 20.4. The fourth-order valence-corrected chi connectivity index (χ4v) is 4.81. The van der Waals surface area contributed by atoms with E-state index in [9.17, 15) is 14.7 Å². The number of aromatic nitrogens is 3. The van der Waals surface area contributed by atoms with Gasteiger partial charge < -0.3 is 9.84 Å². The third kappa shape index (κ3) is 4.48. The number of hydrogen-bond acceptors (Lipinski definition) is 8. The van der Waals surface area contributed by atoms with E-state index in [2.05, 4.69) is 21.2 Å². The van der Waals surface area contributed by atoms with Crippen molar-refractivity contribution in [2.45, 2.75) is 26.5 Å². The highest BCUT2D eigenvalue weighted by Gasteiger charge is 2.48. The number of aliphatic hydroxyl groups excluding tert-OH is 1. The molecule has 1 fully saturated rings. The molecule has 0 saturated carbocycles. The van der Waals surface area contributed by atoms with E-state index >= 15 is 0 Å². The molecule has 1 saturated heterocycles. The second kappa shape index (κ2) is 9.71. The second-order valence-electron chi connectivity index (χ2n) is 8.36. The molecule has 1 atom stereocenters. The number of amides is 1. The van der Waals surface area contributed by atoms with Crippen LogP contribution in [0.1, 0.15) is 33.3 Å². The summed E-state index contributed by atoms with van der Waals surface area (Å²) in [5.41, 5.74) is 3.13. The predicted octanol–water partition coefficient (Wildman–Crippen LogP) is 4.76. The van der Waals surface area contributed by atoms with Crippen LogP contribution in [0.15, 0.2) is 78.6 Å². The Morgan fingerprint density at radius 1 is 1.06 bits per heavy atom. The average Bonchev–Trinajstić information content (AvgIpc) is 3.43. The number of Topliss-reactive ketones (excluding diaryl/α,β-unsaturated/α-hetero) is 1. The van der Waals surface area contributed by atoms with Crippen molar-refractivity contribution in [1.29, 1.82) is 0 Å². The minimum absolute atomic E-state index is 0.0331. The number of anilines is 1. The van der Waals surface area contributed by atoms with Crippen LogP contribution >= 0.6 is 11.3 Å². The van der Waals surface area contributed by atoms with Crippen molar-refractivity contribution >= 4 is 33.9 Å². The zero-order chi connectivity index (χ0) is 25.2.